The van der Waals surface area contributed by atoms with Crippen LogP contribution in [0.5, 0.6) is 5.75 Å². The number of benzene rings is 1. The first-order valence-corrected chi connectivity index (χ1v) is 7.00. The molecule has 4 nitrogen and oxygen atoms in total. The van der Waals surface area contributed by atoms with E-state index in [2.05, 4.69) is 0 Å². The van der Waals surface area contributed by atoms with Gasteiger partial charge in [-0.3, -0.25) is 0 Å². The highest BCUT2D eigenvalue weighted by atomic mass is 32.2. The minimum Gasteiger partial charge on any atom is -0.489 e. The zero-order chi connectivity index (χ0) is 12.5. The van der Waals surface area contributed by atoms with Crippen molar-refractivity contribution < 1.29 is 17.5 Å². The second-order valence-electron chi connectivity index (χ2n) is 4.16. The van der Waals surface area contributed by atoms with Crippen LogP contribution in [0.25, 0.3) is 0 Å². The number of hydrogen-bond acceptors (Lipinski definition) is 3. The lowest BCUT2D eigenvalue weighted by Crippen LogP contribution is -2.17. The second-order valence-corrected chi connectivity index (χ2v) is 5.69. The molecule has 2 N–H and O–H groups in total. The van der Waals surface area contributed by atoms with Crippen LogP contribution in [0.1, 0.15) is 25.7 Å². The summed E-state index contributed by atoms with van der Waals surface area (Å²) in [5.74, 6) is -0.506. The minimum atomic E-state index is -3.96. The fourth-order valence-corrected chi connectivity index (χ4v) is 2.66. The van der Waals surface area contributed by atoms with Gasteiger partial charge in [0.05, 0.1) is 6.10 Å². The Kier molecular flexibility index (Phi) is 3.35. The highest BCUT2D eigenvalue weighted by Gasteiger charge is 2.21. The van der Waals surface area contributed by atoms with Crippen LogP contribution in [-0.4, -0.2) is 14.5 Å². The first-order valence-electron chi connectivity index (χ1n) is 5.46. The Hall–Kier alpha value is -1.14. The fourth-order valence-electron chi connectivity index (χ4n) is 1.99. The molecule has 0 bridgehead atoms. The fraction of sp³-hybridized carbons (Fsp3) is 0.455. The largest absolute Gasteiger partial charge is 0.489 e. The normalized spacial score (nSPS) is 17.3. The van der Waals surface area contributed by atoms with E-state index in [0.717, 1.165) is 31.7 Å². The summed E-state index contributed by atoms with van der Waals surface area (Å²) >= 11 is 0. The van der Waals surface area contributed by atoms with Gasteiger partial charge >= 0.3 is 0 Å². The number of primary sulfonamides is 1. The quantitative estimate of drug-likeness (QED) is 0.899. The Labute approximate surface area is 99.6 Å². The highest BCUT2D eigenvalue weighted by molar-refractivity contribution is 7.89. The van der Waals surface area contributed by atoms with E-state index in [4.69, 9.17) is 9.88 Å². The Morgan fingerprint density at radius 1 is 1.29 bits per heavy atom. The summed E-state index contributed by atoms with van der Waals surface area (Å²) in [4.78, 5) is -0.288. The van der Waals surface area contributed by atoms with Crippen LogP contribution in [0.4, 0.5) is 4.39 Å². The second kappa shape index (κ2) is 4.62. The van der Waals surface area contributed by atoms with E-state index in [1.165, 1.54) is 12.1 Å². The van der Waals surface area contributed by atoms with Gasteiger partial charge in [-0.25, -0.2) is 17.9 Å². The molecule has 0 heterocycles. The zero-order valence-corrected chi connectivity index (χ0v) is 10.0. The third-order valence-electron chi connectivity index (χ3n) is 2.81. The lowest BCUT2D eigenvalue weighted by molar-refractivity contribution is 0.204. The van der Waals surface area contributed by atoms with Gasteiger partial charge in [0.2, 0.25) is 10.0 Å². The van der Waals surface area contributed by atoms with Crippen LogP contribution in [0.3, 0.4) is 0 Å². The van der Waals surface area contributed by atoms with Crippen molar-refractivity contribution in [2.75, 3.05) is 0 Å². The summed E-state index contributed by atoms with van der Waals surface area (Å²) in [5, 5.41) is 5.03. The molecule has 94 valence electrons. The molecular formula is C11H14FNO3S. The monoisotopic (exact) mass is 259 g/mol. The Morgan fingerprint density at radius 2 is 1.94 bits per heavy atom. The molecule has 0 aliphatic heterocycles. The number of rotatable bonds is 3. The molecule has 0 saturated heterocycles. The van der Waals surface area contributed by atoms with Crippen LogP contribution in [0.2, 0.25) is 0 Å². The standard InChI is InChI=1S/C11H14FNO3S/c12-8-5-6-10(11(7-8)17(13,14)15)16-9-3-1-2-4-9/h5-7,9H,1-4H2,(H2,13,14,15). The van der Waals surface area contributed by atoms with E-state index in [1.54, 1.807) is 0 Å². The molecule has 6 heteroatoms. The van der Waals surface area contributed by atoms with E-state index in [9.17, 15) is 12.8 Å². The van der Waals surface area contributed by atoms with Gasteiger partial charge in [0.15, 0.2) is 0 Å². The summed E-state index contributed by atoms with van der Waals surface area (Å²) < 4.78 is 41.2. The van der Waals surface area contributed by atoms with Gasteiger partial charge in [0.25, 0.3) is 0 Å². The lowest BCUT2D eigenvalue weighted by Gasteiger charge is -2.15. The molecule has 0 aromatic heterocycles. The van der Waals surface area contributed by atoms with Crippen molar-refractivity contribution in [3.63, 3.8) is 0 Å². The number of sulfonamides is 1. The predicted molar refractivity (Wildman–Crippen MR) is 60.7 cm³/mol. The molecule has 0 atom stereocenters. The Bertz CT molecular complexity index is 509. The molecule has 1 saturated carbocycles. The molecule has 2 rings (SSSR count). The molecule has 0 radical (unpaired) electrons. The van der Waals surface area contributed by atoms with E-state index in [-0.39, 0.29) is 16.7 Å². The van der Waals surface area contributed by atoms with Gasteiger partial charge in [0.1, 0.15) is 16.5 Å². The average molecular weight is 259 g/mol. The summed E-state index contributed by atoms with van der Waals surface area (Å²) in [6.45, 7) is 0. The highest BCUT2D eigenvalue weighted by Crippen LogP contribution is 2.29. The van der Waals surface area contributed by atoms with Crippen molar-refractivity contribution in [2.45, 2.75) is 36.7 Å². The molecule has 0 unspecified atom stereocenters. The van der Waals surface area contributed by atoms with Crippen LogP contribution in [-0.2, 0) is 10.0 Å². The molecule has 0 spiro atoms. The maximum atomic E-state index is 13.0. The number of hydrogen-bond donors (Lipinski definition) is 1. The maximum Gasteiger partial charge on any atom is 0.241 e. The maximum absolute atomic E-state index is 13.0. The lowest BCUT2D eigenvalue weighted by atomic mass is 10.3. The van der Waals surface area contributed by atoms with E-state index < -0.39 is 15.8 Å². The van der Waals surface area contributed by atoms with Crippen LogP contribution in [0.15, 0.2) is 23.1 Å². The summed E-state index contributed by atoms with van der Waals surface area (Å²) in [7, 11) is -3.96. The van der Waals surface area contributed by atoms with E-state index in [0.29, 0.717) is 0 Å². The first-order chi connectivity index (χ1) is 7.97. The molecule has 1 aromatic rings. The summed E-state index contributed by atoms with van der Waals surface area (Å²) in [6, 6.07) is 3.37. The molecular weight excluding hydrogens is 245 g/mol. The Balaban J connectivity index is 2.32. The average Bonchev–Trinajstić information content (AvgIpc) is 2.72. The van der Waals surface area contributed by atoms with E-state index >= 15 is 0 Å². The smallest absolute Gasteiger partial charge is 0.241 e. The molecule has 1 aliphatic carbocycles. The van der Waals surface area contributed by atoms with Crippen molar-refractivity contribution in [1.29, 1.82) is 0 Å². The summed E-state index contributed by atoms with van der Waals surface area (Å²) in [6.07, 6.45) is 3.91. The van der Waals surface area contributed by atoms with Gasteiger partial charge in [-0.15, -0.1) is 0 Å². The van der Waals surface area contributed by atoms with Gasteiger partial charge in [-0.1, -0.05) is 0 Å². The van der Waals surface area contributed by atoms with Crippen molar-refractivity contribution in [2.24, 2.45) is 5.14 Å². The van der Waals surface area contributed by atoms with Gasteiger partial charge in [-0.2, -0.15) is 0 Å². The van der Waals surface area contributed by atoms with Crippen LogP contribution in [0, 0.1) is 5.82 Å². The number of nitrogens with two attached hydrogens (primary N) is 1. The van der Waals surface area contributed by atoms with Gasteiger partial charge in [0, 0.05) is 0 Å². The predicted octanol–water partition coefficient (Wildman–Crippen LogP) is 1.79. The van der Waals surface area contributed by atoms with E-state index in [1.807, 2.05) is 0 Å². The van der Waals surface area contributed by atoms with Gasteiger partial charge < -0.3 is 4.74 Å². The van der Waals surface area contributed by atoms with Crippen LogP contribution < -0.4 is 9.88 Å². The first kappa shape index (κ1) is 12.3. The van der Waals surface area contributed by atoms with Crippen molar-refractivity contribution in [3.8, 4) is 5.75 Å². The number of ether oxygens (including phenoxy) is 1. The molecule has 1 aliphatic rings. The van der Waals surface area contributed by atoms with Crippen molar-refractivity contribution in [1.82, 2.24) is 0 Å². The third kappa shape index (κ3) is 2.95. The van der Waals surface area contributed by atoms with Crippen molar-refractivity contribution in [3.05, 3.63) is 24.0 Å². The molecule has 1 aromatic carbocycles. The molecule has 0 amide bonds. The minimum absolute atomic E-state index is 0.000890. The zero-order valence-electron chi connectivity index (χ0n) is 9.23. The van der Waals surface area contributed by atoms with Crippen molar-refractivity contribution >= 4 is 10.0 Å². The van der Waals surface area contributed by atoms with Crippen LogP contribution >= 0.6 is 0 Å². The topological polar surface area (TPSA) is 69.4 Å². The number of halogens is 1. The summed E-state index contributed by atoms with van der Waals surface area (Å²) in [5.41, 5.74) is 0. The third-order valence-corrected chi connectivity index (χ3v) is 3.74. The van der Waals surface area contributed by atoms with Gasteiger partial charge in [-0.05, 0) is 43.9 Å². The molecule has 17 heavy (non-hydrogen) atoms. The molecule has 1 fully saturated rings. The Morgan fingerprint density at radius 3 is 2.53 bits per heavy atom. The SMILES string of the molecule is NS(=O)(=O)c1cc(F)ccc1OC1CCCC1.